The number of hydrogen-bond donors (Lipinski definition) is 0. The lowest BCUT2D eigenvalue weighted by atomic mass is 9.66. The van der Waals surface area contributed by atoms with Gasteiger partial charge in [-0.05, 0) is 133 Å². The maximum atomic E-state index is 7.48. The Morgan fingerprint density at radius 3 is 0.946 bits per heavy atom. The van der Waals surface area contributed by atoms with Gasteiger partial charge in [-0.1, -0.05) is 152 Å². The van der Waals surface area contributed by atoms with Crippen LogP contribution in [0.15, 0.2) is 298 Å². The topological polar surface area (TPSA) is 67.2 Å². The first-order valence-electron chi connectivity index (χ1n) is 31.3. The van der Waals surface area contributed by atoms with Gasteiger partial charge in [0.15, 0.2) is 11.5 Å². The van der Waals surface area contributed by atoms with Crippen LogP contribution in [0.3, 0.4) is 0 Å². The molecule has 0 amide bonds. The van der Waals surface area contributed by atoms with E-state index in [1.807, 2.05) is 24.3 Å². The molecule has 0 N–H and O–H groups in total. The lowest BCUT2D eigenvalue weighted by Gasteiger charge is -2.39. The van der Waals surface area contributed by atoms with Crippen LogP contribution in [-0.2, 0) is 5.41 Å². The number of pyridine rings is 2. The lowest BCUT2D eigenvalue weighted by Crippen LogP contribution is -2.33. The quantitative estimate of drug-likeness (QED) is 0.172. The molecule has 9 heteroatoms. The number of para-hydroxylation sites is 11. The zero-order valence-electron chi connectivity index (χ0n) is 49.2. The van der Waals surface area contributed by atoms with E-state index in [0.29, 0.717) is 0 Å². The van der Waals surface area contributed by atoms with E-state index in [4.69, 9.17) is 19.4 Å². The average molecular weight is 1180 g/mol. The van der Waals surface area contributed by atoms with Crippen LogP contribution in [0.2, 0.25) is 0 Å². The Kier molecular flexibility index (Phi) is 9.86. The molecule has 428 valence electrons. The van der Waals surface area contributed by atoms with Crippen molar-refractivity contribution < 1.29 is 9.47 Å². The molecule has 0 saturated heterocycles. The zero-order valence-corrected chi connectivity index (χ0v) is 49.2. The van der Waals surface area contributed by atoms with Gasteiger partial charge >= 0.3 is 0 Å². The molecule has 2 aliphatic heterocycles. The molecule has 0 bridgehead atoms. The fraction of sp³-hybridized carbons (Fsp3) is 0.0120. The minimum Gasteiger partial charge on any atom is -0.457 e. The third-order valence-electron chi connectivity index (χ3n) is 19.9. The van der Waals surface area contributed by atoms with E-state index < -0.39 is 5.41 Å². The number of rotatable bonds is 5. The molecule has 8 heterocycles. The Hall–Kier alpha value is -12.5. The number of hydrogen-bond acceptors (Lipinski definition) is 5. The van der Waals surface area contributed by atoms with Crippen molar-refractivity contribution in [3.05, 3.63) is 320 Å². The molecule has 0 radical (unpaired) electrons. The van der Waals surface area contributed by atoms with Crippen molar-refractivity contribution in [1.82, 2.24) is 28.2 Å². The molecule has 6 aromatic heterocycles. The molecule has 9 nitrogen and oxygen atoms in total. The number of anilines is 3. The predicted molar refractivity (Wildman–Crippen MR) is 372 cm³/mol. The van der Waals surface area contributed by atoms with Crippen LogP contribution in [0.5, 0.6) is 23.0 Å². The minimum absolute atomic E-state index is 0.752. The number of aromatic nitrogens is 6. The Morgan fingerprint density at radius 1 is 0.239 bits per heavy atom. The third kappa shape index (κ3) is 6.54. The monoisotopic (exact) mass is 1180 g/mol. The summed E-state index contributed by atoms with van der Waals surface area (Å²) in [6.45, 7) is 0. The van der Waals surface area contributed by atoms with Crippen LogP contribution >= 0.6 is 0 Å². The van der Waals surface area contributed by atoms with Gasteiger partial charge in [0.1, 0.15) is 11.5 Å². The smallest absolute Gasteiger partial charge is 0.151 e. The van der Waals surface area contributed by atoms with Crippen molar-refractivity contribution in [2.75, 3.05) is 4.90 Å². The largest absolute Gasteiger partial charge is 0.457 e. The first-order valence-corrected chi connectivity index (χ1v) is 31.3. The first kappa shape index (κ1) is 49.5. The summed E-state index contributed by atoms with van der Waals surface area (Å²) in [7, 11) is 0. The molecule has 0 fully saturated rings. The van der Waals surface area contributed by atoms with Gasteiger partial charge in [0.25, 0.3) is 0 Å². The van der Waals surface area contributed by atoms with E-state index >= 15 is 0 Å². The predicted octanol–water partition coefficient (Wildman–Crippen LogP) is 20.9. The second-order valence-corrected chi connectivity index (χ2v) is 24.4. The van der Waals surface area contributed by atoms with Gasteiger partial charge in [-0.25, -0.2) is 0 Å². The highest BCUT2D eigenvalue weighted by atomic mass is 16.5. The van der Waals surface area contributed by atoms with Gasteiger partial charge in [0.05, 0.1) is 96.1 Å². The summed E-state index contributed by atoms with van der Waals surface area (Å²) in [6.07, 6.45) is 4.10. The van der Waals surface area contributed by atoms with Crippen molar-refractivity contribution in [3.8, 4) is 57.1 Å². The van der Waals surface area contributed by atoms with Gasteiger partial charge in [-0.3, -0.25) is 9.97 Å². The first-order chi connectivity index (χ1) is 45.6. The van der Waals surface area contributed by atoms with Gasteiger partial charge in [-0.15, -0.1) is 0 Å². The summed E-state index contributed by atoms with van der Waals surface area (Å²) in [5.41, 5.74) is 20.3. The Labute approximate surface area is 526 Å². The SMILES string of the molecule is c1ccc2c(c1)Oc1ccccc1N2c1ccc2c(c1)c1ccccc1n2-c1ccc2c(c1)C1(c3cc(-n4c5ccccc5c5ccccc54)ccc3O2)c2cc(-n3c4ccccc4c4ccccc43)cnc2-c2ncc(-n3c4ccccc4c4ccccc43)cc21. The highest BCUT2D eigenvalue weighted by Crippen LogP contribution is 2.63. The maximum Gasteiger partial charge on any atom is 0.151 e. The molecular weight excluding hydrogens is 1130 g/mol. The zero-order chi connectivity index (χ0) is 59.9. The van der Waals surface area contributed by atoms with Gasteiger partial charge in [0.2, 0.25) is 0 Å². The Balaban J connectivity index is 0.874. The molecule has 21 rings (SSSR count). The Bertz CT molecular complexity index is 5890. The lowest BCUT2D eigenvalue weighted by molar-refractivity contribution is 0.436. The van der Waals surface area contributed by atoms with E-state index in [2.05, 4.69) is 296 Å². The van der Waals surface area contributed by atoms with Crippen LogP contribution in [0, 0.1) is 0 Å². The molecule has 1 aliphatic carbocycles. The summed E-state index contributed by atoms with van der Waals surface area (Å²) in [6, 6.07) is 103. The van der Waals surface area contributed by atoms with Crippen molar-refractivity contribution in [2.45, 2.75) is 5.41 Å². The number of benzene rings is 12. The molecule has 0 atom stereocenters. The molecule has 1 spiro atoms. The molecule has 0 unspecified atom stereocenters. The van der Waals surface area contributed by atoms with Crippen LogP contribution in [0.1, 0.15) is 22.3 Å². The summed E-state index contributed by atoms with van der Waals surface area (Å²) >= 11 is 0. The van der Waals surface area contributed by atoms with Crippen molar-refractivity contribution >= 4 is 104 Å². The highest BCUT2D eigenvalue weighted by Gasteiger charge is 2.54. The Morgan fingerprint density at radius 2 is 0.543 bits per heavy atom. The number of ether oxygens (including phenoxy) is 2. The number of nitrogens with zero attached hydrogens (tertiary/aromatic N) is 7. The molecule has 0 saturated carbocycles. The van der Waals surface area contributed by atoms with E-state index in [1.54, 1.807) is 0 Å². The van der Waals surface area contributed by atoms with Crippen LogP contribution in [-0.4, -0.2) is 28.2 Å². The number of fused-ring (bicyclic) bond motifs is 23. The second-order valence-electron chi connectivity index (χ2n) is 24.4. The fourth-order valence-electron chi connectivity index (χ4n) is 16.1. The molecule has 18 aromatic rings. The standard InChI is InChI=1S/C83H49N7O2/c1-8-26-67-55(19-1)56-20-2-9-27-68(56)86(67)51-38-41-77-63(44-51)83(64-45-52(39-42-78(64)91-77)87-73-32-14-7-25-61(73)62-43-50(37-40-74(62)87)88-75-33-15-17-35-79(75)92-80-36-18-16-34-76(80)88)65-46-53(89-69-28-10-3-21-57(69)58-22-4-11-29-70(58)89)48-84-81(65)82-66(83)47-54(49-85-82)90-71-30-12-5-23-59(71)60-24-6-13-31-72(60)90/h1-49H. The fourth-order valence-corrected chi connectivity index (χ4v) is 16.1. The summed E-state index contributed by atoms with van der Waals surface area (Å²) in [5.74, 6) is 3.13. The van der Waals surface area contributed by atoms with Gasteiger partial charge in [0, 0.05) is 82.4 Å². The van der Waals surface area contributed by atoms with Crippen molar-refractivity contribution in [3.63, 3.8) is 0 Å². The minimum atomic E-state index is -1.09. The van der Waals surface area contributed by atoms with E-state index in [0.717, 1.165) is 151 Å². The van der Waals surface area contributed by atoms with Crippen molar-refractivity contribution in [1.29, 1.82) is 0 Å². The molecule has 92 heavy (non-hydrogen) atoms. The van der Waals surface area contributed by atoms with E-state index in [1.165, 1.54) is 32.3 Å². The normalized spacial score (nSPS) is 13.5. The van der Waals surface area contributed by atoms with Crippen LogP contribution in [0.25, 0.3) is 121 Å². The molecule has 3 aliphatic rings. The van der Waals surface area contributed by atoms with E-state index in [-0.39, 0.29) is 0 Å². The summed E-state index contributed by atoms with van der Waals surface area (Å²) in [4.78, 5) is 13.7. The van der Waals surface area contributed by atoms with Crippen molar-refractivity contribution in [2.24, 2.45) is 0 Å². The highest BCUT2D eigenvalue weighted by molar-refractivity contribution is 6.13. The third-order valence-corrected chi connectivity index (χ3v) is 19.9. The van der Waals surface area contributed by atoms with Crippen LogP contribution < -0.4 is 14.4 Å². The molecule has 12 aromatic carbocycles. The van der Waals surface area contributed by atoms with Gasteiger partial charge < -0.3 is 32.6 Å². The van der Waals surface area contributed by atoms with Gasteiger partial charge in [-0.2, -0.15) is 0 Å². The molecular formula is C83H49N7O2. The second kappa shape index (κ2) is 18.3. The van der Waals surface area contributed by atoms with E-state index in [9.17, 15) is 0 Å². The summed E-state index contributed by atoms with van der Waals surface area (Å²) < 4.78 is 23.6. The maximum absolute atomic E-state index is 7.48. The van der Waals surface area contributed by atoms with Crippen LogP contribution in [0.4, 0.5) is 17.1 Å². The summed E-state index contributed by atoms with van der Waals surface area (Å²) in [5, 5.41) is 9.37. The average Bonchev–Trinajstić information content (AvgIpc) is 1.48.